The lowest BCUT2D eigenvalue weighted by Gasteiger charge is -2.34. The highest BCUT2D eigenvalue weighted by Gasteiger charge is 2.51. The van der Waals surface area contributed by atoms with Crippen molar-refractivity contribution in [2.24, 2.45) is 11.3 Å². The number of hydrogen-bond donors (Lipinski definition) is 1. The Bertz CT molecular complexity index is 277. The minimum atomic E-state index is -0.00407. The SMILES string of the molecule is CC1CCC(CC2(CO)CCOC2C2CC2)O1. The van der Waals surface area contributed by atoms with E-state index >= 15 is 0 Å². The van der Waals surface area contributed by atoms with Crippen LogP contribution in [0.5, 0.6) is 0 Å². The predicted molar refractivity (Wildman–Crippen MR) is 64.8 cm³/mol. The van der Waals surface area contributed by atoms with E-state index in [-0.39, 0.29) is 12.0 Å². The molecule has 2 aliphatic heterocycles. The Morgan fingerprint density at radius 1 is 1.24 bits per heavy atom. The number of hydrogen-bond acceptors (Lipinski definition) is 3. The van der Waals surface area contributed by atoms with E-state index in [0.717, 1.165) is 25.9 Å². The maximum atomic E-state index is 9.85. The molecule has 0 aromatic heterocycles. The van der Waals surface area contributed by atoms with Crippen molar-refractivity contribution in [2.45, 2.75) is 63.8 Å². The van der Waals surface area contributed by atoms with Gasteiger partial charge >= 0.3 is 0 Å². The third-order valence-electron chi connectivity index (χ3n) is 4.82. The maximum Gasteiger partial charge on any atom is 0.0683 e. The van der Waals surface area contributed by atoms with Crippen molar-refractivity contribution in [3.8, 4) is 0 Å². The van der Waals surface area contributed by atoms with Gasteiger partial charge in [-0.25, -0.2) is 0 Å². The van der Waals surface area contributed by atoms with Gasteiger partial charge in [0.25, 0.3) is 0 Å². The molecule has 98 valence electrons. The van der Waals surface area contributed by atoms with Crippen molar-refractivity contribution in [3.05, 3.63) is 0 Å². The Kier molecular flexibility index (Phi) is 3.18. The van der Waals surface area contributed by atoms with Gasteiger partial charge in [-0.1, -0.05) is 0 Å². The lowest BCUT2D eigenvalue weighted by Crippen LogP contribution is -2.39. The first-order valence-electron chi connectivity index (χ1n) is 7.11. The summed E-state index contributed by atoms with van der Waals surface area (Å²) in [5.41, 5.74) is -0.00407. The van der Waals surface area contributed by atoms with Gasteiger partial charge in [-0.05, 0) is 51.4 Å². The number of rotatable bonds is 4. The summed E-state index contributed by atoms with van der Waals surface area (Å²) in [7, 11) is 0. The van der Waals surface area contributed by atoms with E-state index in [2.05, 4.69) is 6.92 Å². The molecule has 3 fully saturated rings. The van der Waals surface area contributed by atoms with Crippen LogP contribution in [0.25, 0.3) is 0 Å². The van der Waals surface area contributed by atoms with E-state index in [1.807, 2.05) is 0 Å². The summed E-state index contributed by atoms with van der Waals surface area (Å²) in [6.45, 7) is 3.24. The van der Waals surface area contributed by atoms with Crippen LogP contribution < -0.4 is 0 Å². The summed E-state index contributed by atoms with van der Waals surface area (Å²) in [6.07, 6.45) is 7.95. The van der Waals surface area contributed by atoms with Crippen LogP contribution in [0, 0.1) is 11.3 Å². The smallest absolute Gasteiger partial charge is 0.0683 e. The molecule has 0 amide bonds. The summed E-state index contributed by atoms with van der Waals surface area (Å²) in [5, 5.41) is 9.85. The van der Waals surface area contributed by atoms with Gasteiger partial charge in [-0.2, -0.15) is 0 Å². The number of aliphatic hydroxyl groups is 1. The van der Waals surface area contributed by atoms with Crippen molar-refractivity contribution in [2.75, 3.05) is 13.2 Å². The molecule has 0 bridgehead atoms. The molecule has 2 saturated heterocycles. The summed E-state index contributed by atoms with van der Waals surface area (Å²) in [5.74, 6) is 0.712. The van der Waals surface area contributed by atoms with E-state index in [1.165, 1.54) is 19.3 Å². The third-order valence-corrected chi connectivity index (χ3v) is 4.82. The monoisotopic (exact) mass is 240 g/mol. The summed E-state index contributed by atoms with van der Waals surface area (Å²) < 4.78 is 11.8. The molecule has 0 spiro atoms. The Morgan fingerprint density at radius 3 is 2.65 bits per heavy atom. The second-order valence-electron chi connectivity index (χ2n) is 6.25. The third kappa shape index (κ3) is 2.25. The predicted octanol–water partition coefficient (Wildman–Crippen LogP) is 2.12. The average Bonchev–Trinajstić information content (AvgIpc) is 2.96. The zero-order valence-corrected chi connectivity index (χ0v) is 10.7. The van der Waals surface area contributed by atoms with Gasteiger partial charge in [-0.15, -0.1) is 0 Å². The zero-order chi connectivity index (χ0) is 11.9. The van der Waals surface area contributed by atoms with Gasteiger partial charge in [-0.3, -0.25) is 0 Å². The molecule has 1 saturated carbocycles. The van der Waals surface area contributed by atoms with Gasteiger partial charge < -0.3 is 14.6 Å². The Balaban J connectivity index is 1.67. The minimum Gasteiger partial charge on any atom is -0.396 e. The van der Waals surface area contributed by atoms with Gasteiger partial charge in [0.05, 0.1) is 24.9 Å². The first kappa shape index (κ1) is 11.9. The first-order valence-corrected chi connectivity index (χ1v) is 7.11. The second kappa shape index (κ2) is 4.52. The quantitative estimate of drug-likeness (QED) is 0.818. The van der Waals surface area contributed by atoms with Crippen molar-refractivity contribution in [1.29, 1.82) is 0 Å². The van der Waals surface area contributed by atoms with Gasteiger partial charge in [0.1, 0.15) is 0 Å². The summed E-state index contributed by atoms with van der Waals surface area (Å²) in [6, 6.07) is 0. The fraction of sp³-hybridized carbons (Fsp3) is 1.00. The number of ether oxygens (including phenoxy) is 2. The highest BCUT2D eigenvalue weighted by Crippen LogP contribution is 2.50. The lowest BCUT2D eigenvalue weighted by molar-refractivity contribution is -0.0424. The molecule has 0 radical (unpaired) electrons. The fourth-order valence-electron chi connectivity index (χ4n) is 3.68. The molecule has 3 heteroatoms. The average molecular weight is 240 g/mol. The molecular formula is C14H24O3. The Labute approximate surface area is 103 Å². The molecule has 0 aromatic carbocycles. The van der Waals surface area contributed by atoms with E-state index in [0.29, 0.717) is 24.2 Å². The van der Waals surface area contributed by atoms with Crippen LogP contribution in [0.3, 0.4) is 0 Å². The van der Waals surface area contributed by atoms with Crippen molar-refractivity contribution in [3.63, 3.8) is 0 Å². The highest BCUT2D eigenvalue weighted by atomic mass is 16.5. The van der Waals surface area contributed by atoms with Crippen molar-refractivity contribution in [1.82, 2.24) is 0 Å². The van der Waals surface area contributed by atoms with Crippen molar-refractivity contribution >= 4 is 0 Å². The van der Waals surface area contributed by atoms with Crippen LogP contribution in [0.4, 0.5) is 0 Å². The molecule has 1 aliphatic carbocycles. The maximum absolute atomic E-state index is 9.85. The van der Waals surface area contributed by atoms with Crippen LogP contribution in [0.1, 0.15) is 45.4 Å². The fourth-order valence-corrected chi connectivity index (χ4v) is 3.68. The van der Waals surface area contributed by atoms with Crippen LogP contribution in [-0.4, -0.2) is 36.6 Å². The molecule has 4 unspecified atom stereocenters. The van der Waals surface area contributed by atoms with Crippen LogP contribution in [0.2, 0.25) is 0 Å². The largest absolute Gasteiger partial charge is 0.396 e. The molecule has 4 atom stereocenters. The van der Waals surface area contributed by atoms with E-state index in [4.69, 9.17) is 9.47 Å². The Morgan fingerprint density at radius 2 is 2.06 bits per heavy atom. The second-order valence-corrected chi connectivity index (χ2v) is 6.25. The van der Waals surface area contributed by atoms with Crippen molar-refractivity contribution < 1.29 is 14.6 Å². The van der Waals surface area contributed by atoms with Gasteiger partial charge in [0, 0.05) is 12.0 Å². The number of aliphatic hydroxyl groups excluding tert-OH is 1. The molecule has 3 rings (SSSR count). The molecule has 2 heterocycles. The topological polar surface area (TPSA) is 38.7 Å². The Hall–Kier alpha value is -0.120. The van der Waals surface area contributed by atoms with Crippen LogP contribution in [-0.2, 0) is 9.47 Å². The normalized spacial score (nSPS) is 46.6. The van der Waals surface area contributed by atoms with E-state index in [1.54, 1.807) is 0 Å². The summed E-state index contributed by atoms with van der Waals surface area (Å²) >= 11 is 0. The van der Waals surface area contributed by atoms with Gasteiger partial charge in [0.15, 0.2) is 0 Å². The molecule has 3 aliphatic rings. The standard InChI is InChI=1S/C14H24O3/c1-10-2-5-12(17-10)8-14(9-15)6-7-16-13(14)11-3-4-11/h10-13,15H,2-9H2,1H3. The lowest BCUT2D eigenvalue weighted by atomic mass is 9.75. The minimum absolute atomic E-state index is 0.00407. The molecule has 17 heavy (non-hydrogen) atoms. The summed E-state index contributed by atoms with van der Waals surface area (Å²) in [4.78, 5) is 0. The molecule has 1 N–H and O–H groups in total. The molecular weight excluding hydrogens is 216 g/mol. The zero-order valence-electron chi connectivity index (χ0n) is 10.7. The van der Waals surface area contributed by atoms with E-state index < -0.39 is 0 Å². The van der Waals surface area contributed by atoms with E-state index in [9.17, 15) is 5.11 Å². The highest BCUT2D eigenvalue weighted by molar-refractivity contribution is 5.00. The van der Waals surface area contributed by atoms with Crippen LogP contribution in [0.15, 0.2) is 0 Å². The molecule has 0 aromatic rings. The molecule has 3 nitrogen and oxygen atoms in total. The van der Waals surface area contributed by atoms with Gasteiger partial charge in [0.2, 0.25) is 0 Å². The first-order chi connectivity index (χ1) is 8.23. The van der Waals surface area contributed by atoms with Crippen LogP contribution >= 0.6 is 0 Å².